The molecule has 9 heteroatoms. The number of hydrazine groups is 1. The number of nitrogens with zero attached hydrogens (tertiary/aromatic N) is 1. The van der Waals surface area contributed by atoms with Crippen molar-refractivity contribution in [1.82, 2.24) is 15.8 Å². The summed E-state index contributed by atoms with van der Waals surface area (Å²) >= 11 is 0. The highest BCUT2D eigenvalue weighted by Crippen LogP contribution is 2.31. The zero-order valence-corrected chi connectivity index (χ0v) is 18.1. The molecule has 2 unspecified atom stereocenters. The molecule has 4 rings (SSSR count). The Morgan fingerprint density at radius 1 is 1.13 bits per heavy atom. The number of hydrogen-bond donors (Lipinski definition) is 3. The lowest BCUT2D eigenvalue weighted by atomic mass is 9.97. The SMILES string of the molecule is Cc1cccc(NS(=O)(=O)c2ccc(C3NNCC3C(=O)N3CCCCC3)o2)c1C. The molecule has 2 aromatic rings. The van der Waals surface area contributed by atoms with Gasteiger partial charge in [-0.05, 0) is 62.4 Å². The first kappa shape index (κ1) is 20.9. The number of nitrogens with one attached hydrogen (secondary N) is 3. The van der Waals surface area contributed by atoms with Gasteiger partial charge in [0.25, 0.3) is 10.0 Å². The maximum absolute atomic E-state index is 13.0. The normalized spacial score (nSPS) is 22.3. The van der Waals surface area contributed by atoms with Gasteiger partial charge in [0.1, 0.15) is 5.76 Å². The third-order valence-corrected chi connectivity index (χ3v) is 7.23. The number of amides is 1. The van der Waals surface area contributed by atoms with Crippen LogP contribution >= 0.6 is 0 Å². The van der Waals surface area contributed by atoms with Gasteiger partial charge in [0, 0.05) is 19.6 Å². The minimum Gasteiger partial charge on any atom is -0.446 e. The maximum Gasteiger partial charge on any atom is 0.295 e. The molecule has 2 aliphatic rings. The van der Waals surface area contributed by atoms with Gasteiger partial charge >= 0.3 is 0 Å². The quantitative estimate of drug-likeness (QED) is 0.671. The van der Waals surface area contributed by atoms with E-state index in [1.165, 1.54) is 6.07 Å². The minimum atomic E-state index is -3.88. The second kappa shape index (κ2) is 8.41. The Morgan fingerprint density at radius 2 is 1.90 bits per heavy atom. The predicted molar refractivity (Wildman–Crippen MR) is 113 cm³/mol. The number of sulfonamides is 1. The monoisotopic (exact) mass is 432 g/mol. The van der Waals surface area contributed by atoms with Crippen LogP contribution in [0.15, 0.2) is 39.8 Å². The summed E-state index contributed by atoms with van der Waals surface area (Å²) < 4.78 is 34.0. The van der Waals surface area contributed by atoms with Crippen molar-refractivity contribution in [2.45, 2.75) is 44.2 Å². The van der Waals surface area contributed by atoms with E-state index in [0.29, 0.717) is 18.0 Å². The number of anilines is 1. The van der Waals surface area contributed by atoms with Crippen molar-refractivity contribution in [3.05, 3.63) is 47.2 Å². The van der Waals surface area contributed by atoms with Crippen LogP contribution in [-0.4, -0.2) is 38.9 Å². The van der Waals surface area contributed by atoms with E-state index in [2.05, 4.69) is 15.6 Å². The first-order valence-electron chi connectivity index (χ1n) is 10.3. The Labute approximate surface area is 177 Å². The molecule has 2 fully saturated rings. The number of piperidine rings is 1. The van der Waals surface area contributed by atoms with Gasteiger partial charge in [0.05, 0.1) is 17.6 Å². The van der Waals surface area contributed by atoms with Crippen LogP contribution in [0.4, 0.5) is 5.69 Å². The lowest BCUT2D eigenvalue weighted by molar-refractivity contribution is -0.136. The summed E-state index contributed by atoms with van der Waals surface area (Å²) in [6.07, 6.45) is 3.20. The van der Waals surface area contributed by atoms with Gasteiger partial charge in [0.15, 0.2) is 0 Å². The molecular formula is C21H28N4O4S. The highest BCUT2D eigenvalue weighted by molar-refractivity contribution is 7.92. The molecule has 1 aromatic heterocycles. The second-order valence-electron chi connectivity index (χ2n) is 8.01. The molecule has 2 atom stereocenters. The topological polar surface area (TPSA) is 104 Å². The number of likely N-dealkylation sites (tertiary alicyclic amines) is 1. The number of furan rings is 1. The average molecular weight is 433 g/mol. The zero-order chi connectivity index (χ0) is 21.3. The molecule has 30 heavy (non-hydrogen) atoms. The van der Waals surface area contributed by atoms with E-state index < -0.39 is 16.1 Å². The summed E-state index contributed by atoms with van der Waals surface area (Å²) in [6, 6.07) is 8.10. The summed E-state index contributed by atoms with van der Waals surface area (Å²) in [5.41, 5.74) is 8.47. The first-order chi connectivity index (χ1) is 14.4. The Morgan fingerprint density at radius 3 is 2.67 bits per heavy atom. The molecule has 2 saturated heterocycles. The number of hydrogen-bond acceptors (Lipinski definition) is 6. The number of benzene rings is 1. The zero-order valence-electron chi connectivity index (χ0n) is 17.3. The van der Waals surface area contributed by atoms with Crippen molar-refractivity contribution in [1.29, 1.82) is 0 Å². The van der Waals surface area contributed by atoms with Gasteiger partial charge in [-0.2, -0.15) is 8.42 Å². The molecule has 3 heterocycles. The van der Waals surface area contributed by atoms with Crippen LogP contribution in [0.25, 0.3) is 0 Å². The standard InChI is InChI=1S/C21H28N4O4S/c1-14-7-6-8-17(15(14)2)24-30(27,28)19-10-9-18(29-19)20-16(13-22-23-20)21(26)25-11-4-3-5-12-25/h6-10,16,20,22-24H,3-5,11-13H2,1-2H3. The third-order valence-electron chi connectivity index (χ3n) is 5.99. The van der Waals surface area contributed by atoms with Crippen molar-refractivity contribution in [3.63, 3.8) is 0 Å². The number of carbonyl (C=O) groups excluding carboxylic acids is 1. The van der Waals surface area contributed by atoms with Crippen molar-refractivity contribution in [2.24, 2.45) is 5.92 Å². The highest BCUT2D eigenvalue weighted by Gasteiger charge is 2.39. The first-order valence-corrected chi connectivity index (χ1v) is 11.8. The molecule has 162 valence electrons. The van der Waals surface area contributed by atoms with E-state index in [4.69, 9.17) is 4.42 Å². The molecule has 0 spiro atoms. The lowest BCUT2D eigenvalue weighted by Crippen LogP contribution is -2.42. The summed E-state index contributed by atoms with van der Waals surface area (Å²) in [4.78, 5) is 14.9. The van der Waals surface area contributed by atoms with E-state index in [1.807, 2.05) is 24.8 Å². The van der Waals surface area contributed by atoms with Crippen LogP contribution in [0.1, 0.15) is 42.2 Å². The second-order valence-corrected chi connectivity index (χ2v) is 9.62. The van der Waals surface area contributed by atoms with Crippen LogP contribution in [0, 0.1) is 19.8 Å². The van der Waals surface area contributed by atoms with E-state index in [1.54, 1.807) is 18.2 Å². The van der Waals surface area contributed by atoms with Gasteiger partial charge in [0.2, 0.25) is 11.0 Å². The van der Waals surface area contributed by atoms with Gasteiger partial charge in [-0.1, -0.05) is 12.1 Å². The molecule has 0 aliphatic carbocycles. The van der Waals surface area contributed by atoms with Gasteiger partial charge in [-0.15, -0.1) is 0 Å². The molecule has 3 N–H and O–H groups in total. The van der Waals surface area contributed by atoms with Crippen LogP contribution in [-0.2, 0) is 14.8 Å². The number of carbonyl (C=O) groups is 1. The van der Waals surface area contributed by atoms with Crippen molar-refractivity contribution >= 4 is 21.6 Å². The van der Waals surface area contributed by atoms with E-state index >= 15 is 0 Å². The van der Waals surface area contributed by atoms with Gasteiger partial charge in [-0.3, -0.25) is 14.9 Å². The Balaban J connectivity index is 1.52. The molecule has 8 nitrogen and oxygen atoms in total. The van der Waals surface area contributed by atoms with Crippen LogP contribution < -0.4 is 15.6 Å². The molecule has 2 aliphatic heterocycles. The van der Waals surface area contributed by atoms with Crippen LogP contribution in [0.2, 0.25) is 0 Å². The largest absolute Gasteiger partial charge is 0.446 e. The maximum atomic E-state index is 13.0. The lowest BCUT2D eigenvalue weighted by Gasteiger charge is -2.30. The van der Waals surface area contributed by atoms with Crippen LogP contribution in [0.3, 0.4) is 0 Å². The van der Waals surface area contributed by atoms with Gasteiger partial charge in [-0.25, -0.2) is 5.43 Å². The molecule has 0 radical (unpaired) electrons. The van der Waals surface area contributed by atoms with E-state index in [9.17, 15) is 13.2 Å². The third kappa shape index (κ3) is 4.10. The summed E-state index contributed by atoms with van der Waals surface area (Å²) in [6.45, 7) is 5.82. The van der Waals surface area contributed by atoms with E-state index in [-0.39, 0.29) is 16.9 Å². The molecule has 1 aromatic carbocycles. The fourth-order valence-corrected chi connectivity index (χ4v) is 5.11. The average Bonchev–Trinajstić information content (AvgIpc) is 3.41. The molecule has 0 saturated carbocycles. The molecule has 1 amide bonds. The van der Waals surface area contributed by atoms with Crippen molar-refractivity contribution in [2.75, 3.05) is 24.4 Å². The van der Waals surface area contributed by atoms with Crippen molar-refractivity contribution < 1.29 is 17.6 Å². The Hall–Kier alpha value is -2.36. The molecule has 0 bridgehead atoms. The fourth-order valence-electron chi connectivity index (χ4n) is 4.05. The van der Waals surface area contributed by atoms with Gasteiger partial charge < -0.3 is 9.32 Å². The number of aryl methyl sites for hydroxylation is 1. The number of rotatable bonds is 5. The Kier molecular flexibility index (Phi) is 5.86. The van der Waals surface area contributed by atoms with Crippen LogP contribution in [0.5, 0.6) is 0 Å². The summed E-state index contributed by atoms with van der Waals surface area (Å²) in [5, 5.41) is -0.170. The summed E-state index contributed by atoms with van der Waals surface area (Å²) in [5.74, 6) is 0.167. The predicted octanol–water partition coefficient (Wildman–Crippen LogP) is 2.47. The van der Waals surface area contributed by atoms with E-state index in [0.717, 1.165) is 43.5 Å². The highest BCUT2D eigenvalue weighted by atomic mass is 32.2. The van der Waals surface area contributed by atoms with Crippen molar-refractivity contribution in [3.8, 4) is 0 Å². The summed E-state index contributed by atoms with van der Waals surface area (Å²) in [7, 11) is -3.88. The Bertz CT molecular complexity index is 1030. The fraction of sp³-hybridized carbons (Fsp3) is 0.476. The minimum absolute atomic E-state index is 0.0755. The smallest absolute Gasteiger partial charge is 0.295 e. The molecular weight excluding hydrogens is 404 g/mol.